The number of ketones is 1. The summed E-state index contributed by atoms with van der Waals surface area (Å²) in [5.74, 6) is -0.771. The lowest BCUT2D eigenvalue weighted by Crippen LogP contribution is -2.34. The zero-order valence-corrected chi connectivity index (χ0v) is 8.42. The van der Waals surface area contributed by atoms with E-state index in [1.807, 2.05) is 0 Å². The first kappa shape index (κ1) is 10.6. The van der Waals surface area contributed by atoms with E-state index in [4.69, 9.17) is 5.73 Å². The third-order valence-electron chi connectivity index (χ3n) is 2.75. The molecule has 1 heterocycles. The highest BCUT2D eigenvalue weighted by atomic mass is 16.6. The summed E-state index contributed by atoms with van der Waals surface area (Å²) < 4.78 is 0. The van der Waals surface area contributed by atoms with E-state index in [0.29, 0.717) is 5.57 Å². The highest BCUT2D eigenvalue weighted by Gasteiger charge is 2.41. The second-order valence-electron chi connectivity index (χ2n) is 3.63. The van der Waals surface area contributed by atoms with Crippen LogP contribution in [0.3, 0.4) is 0 Å². The molecule has 0 amide bonds. The Bertz CT molecular complexity index is 437. The molecular weight excluding hydrogens is 210 g/mol. The Kier molecular flexibility index (Phi) is 2.57. The number of nitrogens with zero attached hydrogens (tertiary/aromatic N) is 1. The van der Waals surface area contributed by atoms with Gasteiger partial charge in [0.1, 0.15) is 5.92 Å². The number of rotatable bonds is 3. The number of nitrogens with one attached hydrogen (secondary N) is 1. The van der Waals surface area contributed by atoms with E-state index >= 15 is 0 Å². The fourth-order valence-corrected chi connectivity index (χ4v) is 2.00. The fraction of sp³-hybridized carbons (Fsp3) is 0.300. The number of hydrogen-bond donors (Lipinski definition) is 2. The highest BCUT2D eigenvalue weighted by molar-refractivity contribution is 5.98. The van der Waals surface area contributed by atoms with E-state index in [0.717, 1.165) is 0 Å². The standard InChI is InChI=1S/C10H11N3O3/c11-4-9(14)6-2-1-3-7-10(6)8(5-12-7)13(15)16/h1-3,5,7,10,12H,4,11H2. The number of carbonyl (C=O) groups excluding carboxylic acids is 1. The molecule has 0 aromatic heterocycles. The second kappa shape index (κ2) is 3.90. The van der Waals surface area contributed by atoms with Gasteiger partial charge in [-0.15, -0.1) is 0 Å². The lowest BCUT2D eigenvalue weighted by Gasteiger charge is -2.20. The molecule has 2 aliphatic rings. The molecule has 6 nitrogen and oxygen atoms in total. The predicted molar refractivity (Wildman–Crippen MR) is 56.8 cm³/mol. The maximum atomic E-state index is 11.6. The first-order valence-electron chi connectivity index (χ1n) is 4.87. The summed E-state index contributed by atoms with van der Waals surface area (Å²) >= 11 is 0. The van der Waals surface area contributed by atoms with Crippen LogP contribution in [0.15, 0.2) is 35.7 Å². The Morgan fingerprint density at radius 1 is 1.62 bits per heavy atom. The minimum absolute atomic E-state index is 0.0161. The molecule has 0 bridgehead atoms. The van der Waals surface area contributed by atoms with Crippen LogP contribution >= 0.6 is 0 Å². The van der Waals surface area contributed by atoms with Crippen LogP contribution in [-0.2, 0) is 4.79 Å². The van der Waals surface area contributed by atoms with Gasteiger partial charge in [-0.25, -0.2) is 0 Å². The summed E-state index contributed by atoms with van der Waals surface area (Å²) in [6, 6.07) is -0.212. The molecule has 2 atom stereocenters. The lowest BCUT2D eigenvalue weighted by atomic mass is 9.85. The van der Waals surface area contributed by atoms with Crippen LogP contribution in [0.25, 0.3) is 0 Å². The van der Waals surface area contributed by atoms with E-state index in [9.17, 15) is 14.9 Å². The van der Waals surface area contributed by atoms with Crippen LogP contribution in [0.2, 0.25) is 0 Å². The van der Waals surface area contributed by atoms with Gasteiger partial charge in [0.2, 0.25) is 0 Å². The molecule has 2 rings (SSSR count). The van der Waals surface area contributed by atoms with E-state index in [2.05, 4.69) is 5.32 Å². The van der Waals surface area contributed by atoms with E-state index in [1.165, 1.54) is 6.20 Å². The quantitative estimate of drug-likeness (QED) is 0.504. The summed E-state index contributed by atoms with van der Waals surface area (Å²) in [5.41, 5.74) is 5.70. The molecule has 0 spiro atoms. The molecule has 0 radical (unpaired) electrons. The molecule has 16 heavy (non-hydrogen) atoms. The van der Waals surface area contributed by atoms with Crippen LogP contribution in [0.5, 0.6) is 0 Å². The molecule has 0 aromatic rings. The molecule has 84 valence electrons. The minimum Gasteiger partial charge on any atom is -0.378 e. The summed E-state index contributed by atoms with van der Waals surface area (Å²) in [5, 5.41) is 13.7. The highest BCUT2D eigenvalue weighted by Crippen LogP contribution is 2.32. The maximum absolute atomic E-state index is 11.6. The first-order valence-corrected chi connectivity index (χ1v) is 4.87. The zero-order chi connectivity index (χ0) is 11.7. The van der Waals surface area contributed by atoms with E-state index in [-0.39, 0.29) is 24.1 Å². The summed E-state index contributed by atoms with van der Waals surface area (Å²) in [4.78, 5) is 21.9. The largest absolute Gasteiger partial charge is 0.378 e. The van der Waals surface area contributed by atoms with Gasteiger partial charge < -0.3 is 11.1 Å². The van der Waals surface area contributed by atoms with Gasteiger partial charge in [-0.05, 0) is 0 Å². The van der Waals surface area contributed by atoms with Crippen molar-refractivity contribution in [3.05, 3.63) is 45.8 Å². The Labute approximate surface area is 91.6 Å². The Morgan fingerprint density at radius 2 is 2.38 bits per heavy atom. The Balaban J connectivity index is 2.35. The SMILES string of the molecule is NCC(=O)C1=CC=CC2NC=C([N+](=O)[O-])C12. The van der Waals surface area contributed by atoms with Crippen LogP contribution < -0.4 is 11.1 Å². The van der Waals surface area contributed by atoms with E-state index in [1.54, 1.807) is 18.2 Å². The maximum Gasteiger partial charge on any atom is 0.271 e. The molecular formula is C10H11N3O3. The molecule has 3 N–H and O–H groups in total. The molecule has 2 unspecified atom stereocenters. The number of carbonyl (C=O) groups is 1. The average Bonchev–Trinajstić information content (AvgIpc) is 2.71. The van der Waals surface area contributed by atoms with Gasteiger partial charge in [0.25, 0.3) is 5.70 Å². The molecule has 0 saturated heterocycles. The summed E-state index contributed by atoms with van der Waals surface area (Å²) in [6.45, 7) is -0.131. The molecule has 0 saturated carbocycles. The van der Waals surface area contributed by atoms with Crippen molar-refractivity contribution in [2.45, 2.75) is 6.04 Å². The molecule has 1 aliphatic carbocycles. The van der Waals surface area contributed by atoms with Crippen molar-refractivity contribution in [3.63, 3.8) is 0 Å². The topological polar surface area (TPSA) is 98.3 Å². The van der Waals surface area contributed by atoms with Crippen molar-refractivity contribution in [1.29, 1.82) is 0 Å². The van der Waals surface area contributed by atoms with Crippen molar-refractivity contribution in [2.24, 2.45) is 11.7 Å². The van der Waals surface area contributed by atoms with Crippen LogP contribution in [0, 0.1) is 16.0 Å². The van der Waals surface area contributed by atoms with Gasteiger partial charge in [0.05, 0.1) is 23.7 Å². The number of nitro groups is 1. The van der Waals surface area contributed by atoms with Gasteiger partial charge in [-0.3, -0.25) is 14.9 Å². The molecule has 0 fully saturated rings. The summed E-state index contributed by atoms with van der Waals surface area (Å²) in [7, 11) is 0. The predicted octanol–water partition coefficient (Wildman–Crippen LogP) is -0.284. The van der Waals surface area contributed by atoms with E-state index < -0.39 is 10.8 Å². The second-order valence-corrected chi connectivity index (χ2v) is 3.63. The number of fused-ring (bicyclic) bond motifs is 1. The monoisotopic (exact) mass is 221 g/mol. The van der Waals surface area contributed by atoms with Gasteiger partial charge >= 0.3 is 0 Å². The van der Waals surface area contributed by atoms with Gasteiger partial charge in [-0.1, -0.05) is 18.2 Å². The summed E-state index contributed by atoms with van der Waals surface area (Å²) in [6.07, 6.45) is 6.46. The third kappa shape index (κ3) is 1.53. The van der Waals surface area contributed by atoms with Crippen molar-refractivity contribution >= 4 is 5.78 Å². The van der Waals surface area contributed by atoms with Crippen molar-refractivity contribution in [1.82, 2.24) is 5.32 Å². The molecule has 0 aromatic carbocycles. The molecule has 1 aliphatic heterocycles. The Morgan fingerprint density at radius 3 is 3.00 bits per heavy atom. The van der Waals surface area contributed by atoms with Gasteiger partial charge in [-0.2, -0.15) is 0 Å². The normalized spacial score (nSPS) is 26.6. The van der Waals surface area contributed by atoms with Crippen LogP contribution in [0.4, 0.5) is 0 Å². The van der Waals surface area contributed by atoms with Crippen LogP contribution in [0.1, 0.15) is 0 Å². The number of nitrogens with two attached hydrogens (primary N) is 1. The minimum atomic E-state index is -0.518. The average molecular weight is 221 g/mol. The fourth-order valence-electron chi connectivity index (χ4n) is 2.00. The van der Waals surface area contributed by atoms with Crippen molar-refractivity contribution < 1.29 is 9.72 Å². The smallest absolute Gasteiger partial charge is 0.271 e. The molecule has 6 heteroatoms. The van der Waals surface area contributed by atoms with Gasteiger partial charge in [0, 0.05) is 5.57 Å². The Hall–Kier alpha value is -1.95. The number of hydrogen-bond acceptors (Lipinski definition) is 5. The van der Waals surface area contributed by atoms with Crippen molar-refractivity contribution in [2.75, 3.05) is 6.54 Å². The number of Topliss-reactive ketones (excluding diaryl/α,β-unsaturated/α-hetero) is 1. The third-order valence-corrected chi connectivity index (χ3v) is 2.75. The zero-order valence-electron chi connectivity index (χ0n) is 8.42. The lowest BCUT2D eigenvalue weighted by molar-refractivity contribution is -0.431. The first-order chi connectivity index (χ1) is 7.65. The number of allylic oxidation sites excluding steroid dienone is 2. The van der Waals surface area contributed by atoms with Crippen LogP contribution in [-0.4, -0.2) is 23.3 Å². The van der Waals surface area contributed by atoms with Gasteiger partial charge in [0.15, 0.2) is 5.78 Å². The van der Waals surface area contributed by atoms with Crippen molar-refractivity contribution in [3.8, 4) is 0 Å².